The average molecular weight is 499 g/mol. The first kappa shape index (κ1) is 23.2. The predicted molar refractivity (Wildman–Crippen MR) is 134 cm³/mol. The molecular formula is C24H20Cl2N4O2S. The molecule has 0 aliphatic heterocycles. The number of thioether (sulfide) groups is 1. The minimum Gasteiger partial charge on any atom is -0.497 e. The van der Waals surface area contributed by atoms with Gasteiger partial charge in [-0.3, -0.25) is 9.36 Å². The molecule has 0 unspecified atom stereocenters. The van der Waals surface area contributed by atoms with E-state index >= 15 is 0 Å². The number of nitrogens with zero attached hydrogens (tertiary/aromatic N) is 3. The molecule has 0 spiro atoms. The molecule has 0 saturated heterocycles. The summed E-state index contributed by atoms with van der Waals surface area (Å²) in [4.78, 5) is 12.6. The van der Waals surface area contributed by atoms with Crippen molar-refractivity contribution in [1.29, 1.82) is 0 Å². The van der Waals surface area contributed by atoms with Crippen molar-refractivity contribution in [3.05, 3.63) is 82.3 Å². The van der Waals surface area contributed by atoms with Crippen LogP contribution in [0.5, 0.6) is 5.75 Å². The number of hydrogen-bond acceptors (Lipinski definition) is 5. The maximum Gasteiger partial charge on any atom is 0.234 e. The summed E-state index contributed by atoms with van der Waals surface area (Å²) < 4.78 is 7.25. The Morgan fingerprint density at radius 1 is 1.06 bits per heavy atom. The fourth-order valence-electron chi connectivity index (χ4n) is 3.19. The van der Waals surface area contributed by atoms with Gasteiger partial charge in [0.2, 0.25) is 5.91 Å². The van der Waals surface area contributed by atoms with Crippen molar-refractivity contribution in [2.75, 3.05) is 18.2 Å². The summed E-state index contributed by atoms with van der Waals surface area (Å²) >= 11 is 13.5. The largest absolute Gasteiger partial charge is 0.497 e. The smallest absolute Gasteiger partial charge is 0.234 e. The molecule has 6 nitrogen and oxygen atoms in total. The van der Waals surface area contributed by atoms with Crippen LogP contribution in [-0.2, 0) is 4.79 Å². The van der Waals surface area contributed by atoms with Crippen molar-refractivity contribution in [2.24, 2.45) is 0 Å². The van der Waals surface area contributed by atoms with Crippen molar-refractivity contribution < 1.29 is 9.53 Å². The summed E-state index contributed by atoms with van der Waals surface area (Å²) in [6.45, 7) is 1.86. The molecule has 9 heteroatoms. The number of rotatable bonds is 7. The molecule has 0 bridgehead atoms. The highest BCUT2D eigenvalue weighted by atomic mass is 35.5. The average Bonchev–Trinajstić information content (AvgIpc) is 3.25. The van der Waals surface area contributed by atoms with Crippen LogP contribution in [0.25, 0.3) is 17.1 Å². The first-order chi connectivity index (χ1) is 16.0. The van der Waals surface area contributed by atoms with Gasteiger partial charge >= 0.3 is 0 Å². The van der Waals surface area contributed by atoms with Crippen LogP contribution in [-0.4, -0.2) is 33.5 Å². The van der Waals surface area contributed by atoms with Crippen molar-refractivity contribution >= 4 is 46.6 Å². The van der Waals surface area contributed by atoms with Gasteiger partial charge in [0.15, 0.2) is 11.0 Å². The number of aromatic nitrogens is 3. The van der Waals surface area contributed by atoms with Crippen molar-refractivity contribution in [3.63, 3.8) is 0 Å². The minimum absolute atomic E-state index is 0.149. The van der Waals surface area contributed by atoms with Gasteiger partial charge in [0.05, 0.1) is 12.9 Å². The highest BCUT2D eigenvalue weighted by molar-refractivity contribution is 7.99. The Kier molecular flexibility index (Phi) is 7.23. The summed E-state index contributed by atoms with van der Waals surface area (Å²) in [7, 11) is 1.62. The molecule has 1 amide bonds. The first-order valence-electron chi connectivity index (χ1n) is 10.00. The normalized spacial score (nSPS) is 10.8. The topological polar surface area (TPSA) is 69.0 Å². The van der Waals surface area contributed by atoms with Gasteiger partial charge in [0.25, 0.3) is 0 Å². The van der Waals surface area contributed by atoms with Gasteiger partial charge in [-0.25, -0.2) is 0 Å². The number of halogens is 2. The molecule has 1 N–H and O–H groups in total. The molecule has 4 rings (SSSR count). The predicted octanol–water partition coefficient (Wildman–Crippen LogP) is 6.29. The van der Waals surface area contributed by atoms with Crippen LogP contribution in [0.1, 0.15) is 5.56 Å². The fraction of sp³-hybridized carbons (Fsp3) is 0.125. The van der Waals surface area contributed by atoms with Gasteiger partial charge in [-0.15, -0.1) is 10.2 Å². The highest BCUT2D eigenvalue weighted by Gasteiger charge is 2.18. The van der Waals surface area contributed by atoms with Gasteiger partial charge in [-0.05, 0) is 61.0 Å². The molecule has 0 fully saturated rings. The standard InChI is InChI=1S/C24H20Cl2N4O2S/c1-15-20(26)7-4-8-21(15)27-22(31)14-33-24-29-28-23(16-5-3-6-19(13-16)32-2)30(24)18-11-9-17(25)10-12-18/h3-13H,14H2,1-2H3,(H,27,31). The molecule has 0 saturated carbocycles. The first-order valence-corrected chi connectivity index (χ1v) is 11.7. The third-order valence-electron chi connectivity index (χ3n) is 4.92. The molecule has 0 aliphatic carbocycles. The van der Waals surface area contributed by atoms with Crippen LogP contribution in [0.2, 0.25) is 10.0 Å². The van der Waals surface area contributed by atoms with Crippen molar-refractivity contribution in [1.82, 2.24) is 14.8 Å². The van der Waals surface area contributed by atoms with E-state index in [-0.39, 0.29) is 11.7 Å². The van der Waals surface area contributed by atoms with Gasteiger partial charge in [-0.1, -0.05) is 53.2 Å². The Hall–Kier alpha value is -3.00. The summed E-state index contributed by atoms with van der Waals surface area (Å²) in [6.07, 6.45) is 0. The van der Waals surface area contributed by atoms with E-state index in [4.69, 9.17) is 27.9 Å². The van der Waals surface area contributed by atoms with Crippen LogP contribution in [0, 0.1) is 6.92 Å². The molecule has 3 aromatic carbocycles. The number of hydrogen-bond donors (Lipinski definition) is 1. The molecule has 0 radical (unpaired) electrons. The zero-order valence-corrected chi connectivity index (χ0v) is 20.2. The number of methoxy groups -OCH3 is 1. The van der Waals surface area contributed by atoms with E-state index in [0.29, 0.717) is 32.5 Å². The lowest BCUT2D eigenvalue weighted by Crippen LogP contribution is -2.15. The summed E-state index contributed by atoms with van der Waals surface area (Å²) in [5.74, 6) is 1.32. The minimum atomic E-state index is -0.168. The molecule has 4 aromatic rings. The zero-order chi connectivity index (χ0) is 23.4. The van der Waals surface area contributed by atoms with E-state index in [2.05, 4.69) is 15.5 Å². The number of anilines is 1. The monoisotopic (exact) mass is 498 g/mol. The Balaban J connectivity index is 1.62. The quantitative estimate of drug-likeness (QED) is 0.303. The molecule has 1 heterocycles. The third kappa shape index (κ3) is 5.33. The molecular weight excluding hydrogens is 479 g/mol. The number of nitrogens with one attached hydrogen (secondary N) is 1. The summed E-state index contributed by atoms with van der Waals surface area (Å²) in [5.41, 5.74) is 3.17. The molecule has 0 atom stereocenters. The van der Waals surface area contributed by atoms with E-state index < -0.39 is 0 Å². The molecule has 168 valence electrons. The summed E-state index contributed by atoms with van der Waals surface area (Å²) in [5, 5.41) is 13.5. The Morgan fingerprint density at radius 2 is 1.82 bits per heavy atom. The maximum absolute atomic E-state index is 12.6. The van der Waals surface area contributed by atoms with E-state index in [9.17, 15) is 4.79 Å². The number of carbonyl (C=O) groups excluding carboxylic acids is 1. The Bertz CT molecular complexity index is 1290. The SMILES string of the molecule is COc1cccc(-c2nnc(SCC(=O)Nc3cccc(Cl)c3C)n2-c2ccc(Cl)cc2)c1. The van der Waals surface area contributed by atoms with Crippen molar-refractivity contribution in [3.8, 4) is 22.8 Å². The second-order valence-electron chi connectivity index (χ2n) is 7.10. The van der Waals surface area contributed by atoms with Gasteiger partial charge in [-0.2, -0.15) is 0 Å². The van der Waals surface area contributed by atoms with E-state index in [1.54, 1.807) is 31.4 Å². The van der Waals surface area contributed by atoms with Crippen LogP contribution in [0.3, 0.4) is 0 Å². The van der Waals surface area contributed by atoms with E-state index in [0.717, 1.165) is 16.8 Å². The number of benzene rings is 3. The van der Waals surface area contributed by atoms with Crippen LogP contribution in [0.15, 0.2) is 71.9 Å². The molecule has 33 heavy (non-hydrogen) atoms. The third-order valence-corrected chi connectivity index (χ3v) is 6.51. The Morgan fingerprint density at radius 3 is 2.58 bits per heavy atom. The number of ether oxygens (including phenoxy) is 1. The molecule has 0 aliphatic rings. The Labute approximate surface area is 205 Å². The van der Waals surface area contributed by atoms with Crippen molar-refractivity contribution in [2.45, 2.75) is 12.1 Å². The summed E-state index contributed by atoms with van der Waals surface area (Å²) in [6, 6.07) is 20.4. The highest BCUT2D eigenvalue weighted by Crippen LogP contribution is 2.30. The number of amides is 1. The van der Waals surface area contributed by atoms with Gasteiger partial charge < -0.3 is 10.1 Å². The number of carbonyl (C=O) groups is 1. The second kappa shape index (κ2) is 10.3. The zero-order valence-electron chi connectivity index (χ0n) is 17.9. The van der Waals surface area contributed by atoms with E-state index in [1.165, 1.54) is 11.8 Å². The second-order valence-corrected chi connectivity index (χ2v) is 8.89. The fourth-order valence-corrected chi connectivity index (χ4v) is 4.25. The van der Waals surface area contributed by atoms with Crippen LogP contribution < -0.4 is 10.1 Å². The lowest BCUT2D eigenvalue weighted by molar-refractivity contribution is -0.113. The molecule has 1 aromatic heterocycles. The maximum atomic E-state index is 12.6. The van der Waals surface area contributed by atoms with E-state index in [1.807, 2.05) is 54.0 Å². The lowest BCUT2D eigenvalue weighted by atomic mass is 10.2. The van der Waals surface area contributed by atoms with Gasteiger partial charge in [0.1, 0.15) is 5.75 Å². The van der Waals surface area contributed by atoms with Crippen LogP contribution in [0.4, 0.5) is 5.69 Å². The van der Waals surface area contributed by atoms with Crippen LogP contribution >= 0.6 is 35.0 Å². The van der Waals surface area contributed by atoms with Gasteiger partial charge in [0, 0.05) is 27.0 Å². The lowest BCUT2D eigenvalue weighted by Gasteiger charge is -2.12.